The molecule has 0 aliphatic carbocycles. The lowest BCUT2D eigenvalue weighted by molar-refractivity contribution is 0.626. The van der Waals surface area contributed by atoms with Crippen molar-refractivity contribution in [3.63, 3.8) is 0 Å². The minimum atomic E-state index is -0.179. The summed E-state index contributed by atoms with van der Waals surface area (Å²) in [5.74, 6) is -0.179. The number of nitrogens with one attached hydrogen (secondary N) is 1. The van der Waals surface area contributed by atoms with Crippen LogP contribution in [-0.4, -0.2) is 13.1 Å². The Morgan fingerprint density at radius 2 is 2.33 bits per heavy atom. The SMILES string of the molecule is Fc1cccc(N2CCCN2)c1. The lowest BCUT2D eigenvalue weighted by Gasteiger charge is -2.17. The van der Waals surface area contributed by atoms with E-state index < -0.39 is 0 Å². The van der Waals surface area contributed by atoms with Crippen molar-refractivity contribution < 1.29 is 4.39 Å². The van der Waals surface area contributed by atoms with Gasteiger partial charge in [-0.05, 0) is 24.6 Å². The van der Waals surface area contributed by atoms with Crippen LogP contribution in [0.4, 0.5) is 10.1 Å². The zero-order chi connectivity index (χ0) is 8.39. The van der Waals surface area contributed by atoms with E-state index in [0.717, 1.165) is 25.2 Å². The molecular formula is C9H11FN2. The molecule has 1 N–H and O–H groups in total. The van der Waals surface area contributed by atoms with Gasteiger partial charge in [-0.1, -0.05) is 6.07 Å². The molecule has 1 fully saturated rings. The van der Waals surface area contributed by atoms with Crippen LogP contribution in [0, 0.1) is 5.82 Å². The Labute approximate surface area is 71.0 Å². The highest BCUT2D eigenvalue weighted by atomic mass is 19.1. The predicted octanol–water partition coefficient (Wildman–Crippen LogP) is 1.54. The van der Waals surface area contributed by atoms with Crippen LogP contribution in [0.1, 0.15) is 6.42 Å². The molecule has 64 valence electrons. The first-order valence-electron chi connectivity index (χ1n) is 4.13. The molecule has 2 nitrogen and oxygen atoms in total. The van der Waals surface area contributed by atoms with Gasteiger partial charge in [-0.2, -0.15) is 0 Å². The molecule has 0 aromatic heterocycles. The molecular weight excluding hydrogens is 155 g/mol. The number of hydrogen-bond acceptors (Lipinski definition) is 2. The first kappa shape index (κ1) is 7.55. The van der Waals surface area contributed by atoms with Gasteiger partial charge in [0.15, 0.2) is 0 Å². The maximum atomic E-state index is 12.8. The number of halogens is 1. The van der Waals surface area contributed by atoms with E-state index in [9.17, 15) is 4.39 Å². The maximum absolute atomic E-state index is 12.8. The smallest absolute Gasteiger partial charge is 0.125 e. The quantitative estimate of drug-likeness (QED) is 0.680. The van der Waals surface area contributed by atoms with Gasteiger partial charge in [-0.15, -0.1) is 0 Å². The Morgan fingerprint density at radius 3 is 3.00 bits per heavy atom. The van der Waals surface area contributed by atoms with Gasteiger partial charge in [0, 0.05) is 13.1 Å². The van der Waals surface area contributed by atoms with E-state index in [-0.39, 0.29) is 5.82 Å². The van der Waals surface area contributed by atoms with Gasteiger partial charge in [0.1, 0.15) is 5.82 Å². The molecule has 0 unspecified atom stereocenters. The van der Waals surface area contributed by atoms with Crippen LogP contribution in [0.5, 0.6) is 0 Å². The summed E-state index contributed by atoms with van der Waals surface area (Å²) in [5, 5.41) is 1.98. The fraction of sp³-hybridized carbons (Fsp3) is 0.333. The summed E-state index contributed by atoms with van der Waals surface area (Å²) in [7, 11) is 0. The normalized spacial score (nSPS) is 16.9. The van der Waals surface area contributed by atoms with Crippen molar-refractivity contribution >= 4 is 5.69 Å². The van der Waals surface area contributed by atoms with Crippen LogP contribution < -0.4 is 10.4 Å². The Bertz CT molecular complexity index is 269. The molecule has 0 spiro atoms. The number of nitrogens with zero attached hydrogens (tertiary/aromatic N) is 1. The van der Waals surface area contributed by atoms with Crippen LogP contribution in [0.15, 0.2) is 24.3 Å². The zero-order valence-corrected chi connectivity index (χ0v) is 6.76. The Kier molecular flexibility index (Phi) is 1.96. The third-order valence-electron chi connectivity index (χ3n) is 1.98. The molecule has 0 saturated carbocycles. The van der Waals surface area contributed by atoms with Crippen LogP contribution in [-0.2, 0) is 0 Å². The van der Waals surface area contributed by atoms with E-state index in [1.54, 1.807) is 12.1 Å². The predicted molar refractivity (Wildman–Crippen MR) is 46.4 cm³/mol. The molecule has 1 heterocycles. The van der Waals surface area contributed by atoms with E-state index in [1.165, 1.54) is 6.07 Å². The maximum Gasteiger partial charge on any atom is 0.125 e. The second-order valence-corrected chi connectivity index (χ2v) is 2.89. The van der Waals surface area contributed by atoms with Gasteiger partial charge >= 0.3 is 0 Å². The highest BCUT2D eigenvalue weighted by Crippen LogP contribution is 2.15. The summed E-state index contributed by atoms with van der Waals surface area (Å²) in [5.41, 5.74) is 4.08. The van der Waals surface area contributed by atoms with Crippen molar-refractivity contribution in [2.24, 2.45) is 0 Å². The molecule has 3 heteroatoms. The molecule has 1 aliphatic rings. The fourth-order valence-electron chi connectivity index (χ4n) is 1.39. The minimum Gasteiger partial charge on any atom is -0.308 e. The fourth-order valence-corrected chi connectivity index (χ4v) is 1.39. The average molecular weight is 166 g/mol. The standard InChI is InChI=1S/C9H11FN2/c10-8-3-1-4-9(7-8)12-6-2-5-11-12/h1,3-4,7,11H,2,5-6H2. The second kappa shape index (κ2) is 3.11. The molecule has 0 amide bonds. The molecule has 1 aromatic carbocycles. The van der Waals surface area contributed by atoms with Crippen LogP contribution in [0.2, 0.25) is 0 Å². The summed E-state index contributed by atoms with van der Waals surface area (Å²) < 4.78 is 12.8. The Hall–Kier alpha value is -1.09. The van der Waals surface area contributed by atoms with Gasteiger partial charge in [-0.25, -0.2) is 9.82 Å². The first-order valence-corrected chi connectivity index (χ1v) is 4.13. The van der Waals surface area contributed by atoms with Crippen molar-refractivity contribution in [3.05, 3.63) is 30.1 Å². The minimum absolute atomic E-state index is 0.179. The average Bonchev–Trinajstić information content (AvgIpc) is 2.56. The third-order valence-corrected chi connectivity index (χ3v) is 1.98. The third kappa shape index (κ3) is 1.41. The van der Waals surface area contributed by atoms with Crippen molar-refractivity contribution in [2.75, 3.05) is 18.1 Å². The molecule has 1 saturated heterocycles. The molecule has 2 rings (SSSR count). The second-order valence-electron chi connectivity index (χ2n) is 2.89. The first-order chi connectivity index (χ1) is 5.86. The van der Waals surface area contributed by atoms with Gasteiger partial charge < -0.3 is 5.01 Å². The monoisotopic (exact) mass is 166 g/mol. The lowest BCUT2D eigenvalue weighted by Crippen LogP contribution is -2.30. The van der Waals surface area contributed by atoms with Gasteiger partial charge in [0.05, 0.1) is 5.69 Å². The van der Waals surface area contributed by atoms with Crippen LogP contribution in [0.3, 0.4) is 0 Å². The summed E-state index contributed by atoms with van der Waals surface area (Å²) in [6.45, 7) is 1.94. The summed E-state index contributed by atoms with van der Waals surface area (Å²) in [4.78, 5) is 0. The number of hydrazine groups is 1. The molecule has 1 aromatic rings. The Balaban J connectivity index is 2.21. The van der Waals surface area contributed by atoms with Crippen molar-refractivity contribution in [1.29, 1.82) is 0 Å². The summed E-state index contributed by atoms with van der Waals surface area (Å²) in [6.07, 6.45) is 1.12. The van der Waals surface area contributed by atoms with E-state index in [1.807, 2.05) is 11.1 Å². The number of rotatable bonds is 1. The number of benzene rings is 1. The van der Waals surface area contributed by atoms with Gasteiger partial charge in [0.2, 0.25) is 0 Å². The molecule has 0 bridgehead atoms. The molecule has 12 heavy (non-hydrogen) atoms. The van der Waals surface area contributed by atoms with Gasteiger partial charge in [-0.3, -0.25) is 0 Å². The van der Waals surface area contributed by atoms with Crippen LogP contribution in [0.25, 0.3) is 0 Å². The lowest BCUT2D eigenvalue weighted by atomic mass is 10.3. The van der Waals surface area contributed by atoms with E-state index >= 15 is 0 Å². The van der Waals surface area contributed by atoms with E-state index in [2.05, 4.69) is 5.43 Å². The van der Waals surface area contributed by atoms with Crippen molar-refractivity contribution in [3.8, 4) is 0 Å². The number of hydrogen-bond donors (Lipinski definition) is 1. The number of anilines is 1. The Morgan fingerprint density at radius 1 is 1.42 bits per heavy atom. The highest BCUT2D eigenvalue weighted by molar-refractivity contribution is 5.45. The van der Waals surface area contributed by atoms with E-state index in [0.29, 0.717) is 0 Å². The van der Waals surface area contributed by atoms with Gasteiger partial charge in [0.25, 0.3) is 0 Å². The molecule has 0 atom stereocenters. The summed E-state index contributed by atoms with van der Waals surface area (Å²) >= 11 is 0. The van der Waals surface area contributed by atoms with Crippen molar-refractivity contribution in [1.82, 2.24) is 5.43 Å². The zero-order valence-electron chi connectivity index (χ0n) is 6.76. The largest absolute Gasteiger partial charge is 0.308 e. The summed E-state index contributed by atoms with van der Waals surface area (Å²) in [6, 6.07) is 6.63. The van der Waals surface area contributed by atoms with Crippen LogP contribution >= 0.6 is 0 Å². The highest BCUT2D eigenvalue weighted by Gasteiger charge is 2.11. The molecule has 1 aliphatic heterocycles. The molecule has 0 radical (unpaired) electrons. The van der Waals surface area contributed by atoms with E-state index in [4.69, 9.17) is 0 Å². The van der Waals surface area contributed by atoms with Crippen molar-refractivity contribution in [2.45, 2.75) is 6.42 Å². The topological polar surface area (TPSA) is 15.3 Å².